The molecule has 0 amide bonds. The van der Waals surface area contributed by atoms with Crippen molar-refractivity contribution in [2.24, 2.45) is 0 Å². The zero-order chi connectivity index (χ0) is 16.1. The van der Waals surface area contributed by atoms with E-state index < -0.39 is 0 Å². The first-order valence-electron chi connectivity index (χ1n) is 8.06. The fraction of sp³-hybridized carbons (Fsp3) is 0.474. The molecule has 1 unspecified atom stereocenters. The minimum absolute atomic E-state index is 0.385. The first-order valence-corrected chi connectivity index (χ1v) is 8.06. The van der Waals surface area contributed by atoms with Crippen LogP contribution in [0.25, 0.3) is 0 Å². The van der Waals surface area contributed by atoms with Gasteiger partial charge >= 0.3 is 0 Å². The largest absolute Gasteiger partial charge is 0.497 e. The fourth-order valence-electron chi connectivity index (χ4n) is 3.11. The maximum Gasteiger partial charge on any atom is 0.119 e. The lowest BCUT2D eigenvalue weighted by atomic mass is 9.91. The minimum atomic E-state index is 0.385. The molecule has 1 aromatic rings. The molecule has 0 aromatic heterocycles. The van der Waals surface area contributed by atoms with Crippen molar-refractivity contribution in [1.82, 2.24) is 9.80 Å². The van der Waals surface area contributed by atoms with E-state index in [9.17, 15) is 0 Å². The Labute approximate surface area is 134 Å². The Morgan fingerprint density at radius 1 is 1.36 bits per heavy atom. The monoisotopic (exact) mass is 300 g/mol. The Bertz CT molecular complexity index is 546. The number of methoxy groups -OCH3 is 1. The molecule has 3 nitrogen and oxygen atoms in total. The highest BCUT2D eigenvalue weighted by Gasteiger charge is 2.22. The van der Waals surface area contributed by atoms with Gasteiger partial charge in [0.2, 0.25) is 0 Å². The van der Waals surface area contributed by atoms with Gasteiger partial charge in [0.1, 0.15) is 5.75 Å². The highest BCUT2D eigenvalue weighted by Crippen LogP contribution is 2.29. The van der Waals surface area contributed by atoms with E-state index in [2.05, 4.69) is 61.5 Å². The summed E-state index contributed by atoms with van der Waals surface area (Å²) in [4.78, 5) is 4.70. The second-order valence-electron chi connectivity index (χ2n) is 5.89. The Morgan fingerprint density at radius 2 is 2.09 bits per heavy atom. The van der Waals surface area contributed by atoms with Gasteiger partial charge in [-0.05, 0) is 44.2 Å². The predicted molar refractivity (Wildman–Crippen MR) is 93.4 cm³/mol. The van der Waals surface area contributed by atoms with Crippen molar-refractivity contribution in [3.8, 4) is 5.75 Å². The highest BCUT2D eigenvalue weighted by atomic mass is 16.5. The molecule has 0 saturated heterocycles. The van der Waals surface area contributed by atoms with Crippen molar-refractivity contribution in [3.05, 3.63) is 53.8 Å². The molecule has 22 heavy (non-hydrogen) atoms. The fourth-order valence-corrected chi connectivity index (χ4v) is 3.11. The van der Waals surface area contributed by atoms with Crippen molar-refractivity contribution in [2.75, 3.05) is 40.3 Å². The maximum atomic E-state index is 5.36. The molecule has 2 rings (SSSR count). The van der Waals surface area contributed by atoms with Crippen LogP contribution in [-0.4, -0.2) is 50.1 Å². The molecule has 0 spiro atoms. The minimum Gasteiger partial charge on any atom is -0.497 e. The number of ether oxygens (including phenoxy) is 1. The molecule has 3 heteroatoms. The van der Waals surface area contributed by atoms with E-state index >= 15 is 0 Å². The first-order chi connectivity index (χ1) is 10.6. The van der Waals surface area contributed by atoms with Crippen molar-refractivity contribution >= 4 is 0 Å². The van der Waals surface area contributed by atoms with E-state index in [0.29, 0.717) is 5.92 Å². The van der Waals surface area contributed by atoms with Gasteiger partial charge in [-0.3, -0.25) is 0 Å². The standard InChI is InChI=1S/C19H28N2O/c1-6-21(7-2)15(3)17-11-18(14-20(4)13-17)16-9-8-10-19(12-16)22-5/h8-12,18H,3,6-7,13-14H2,1-2,4-5H3. The van der Waals surface area contributed by atoms with Crippen LogP contribution in [0.15, 0.2) is 48.2 Å². The molecule has 1 aliphatic heterocycles. The average molecular weight is 300 g/mol. The van der Waals surface area contributed by atoms with Crippen molar-refractivity contribution < 1.29 is 4.74 Å². The Balaban J connectivity index is 2.28. The van der Waals surface area contributed by atoms with E-state index in [-0.39, 0.29) is 0 Å². The third-order valence-electron chi connectivity index (χ3n) is 4.39. The van der Waals surface area contributed by atoms with Gasteiger partial charge in [0.25, 0.3) is 0 Å². The summed E-state index contributed by atoms with van der Waals surface area (Å²) in [6.07, 6.45) is 2.38. The third kappa shape index (κ3) is 3.72. The summed E-state index contributed by atoms with van der Waals surface area (Å²) >= 11 is 0. The number of hydrogen-bond acceptors (Lipinski definition) is 3. The van der Waals surface area contributed by atoms with Gasteiger partial charge in [-0.25, -0.2) is 0 Å². The lowest BCUT2D eigenvalue weighted by Gasteiger charge is -2.34. The predicted octanol–water partition coefficient (Wildman–Crippen LogP) is 3.51. The molecule has 1 aliphatic rings. The molecular formula is C19H28N2O. The summed E-state index contributed by atoms with van der Waals surface area (Å²) in [6.45, 7) is 12.7. The van der Waals surface area contributed by atoms with Crippen LogP contribution in [0.1, 0.15) is 25.3 Å². The van der Waals surface area contributed by atoms with Crippen LogP contribution in [0.3, 0.4) is 0 Å². The zero-order valence-corrected chi connectivity index (χ0v) is 14.3. The Kier molecular flexibility index (Phi) is 5.67. The molecule has 0 N–H and O–H groups in total. The van der Waals surface area contributed by atoms with Crippen LogP contribution in [0, 0.1) is 0 Å². The molecule has 1 heterocycles. The highest BCUT2D eigenvalue weighted by molar-refractivity contribution is 5.39. The van der Waals surface area contributed by atoms with E-state index in [1.807, 2.05) is 6.07 Å². The lowest BCUT2D eigenvalue weighted by molar-refractivity contribution is 0.319. The maximum absolute atomic E-state index is 5.36. The van der Waals surface area contributed by atoms with E-state index in [0.717, 1.165) is 37.6 Å². The van der Waals surface area contributed by atoms with Gasteiger partial charge in [-0.2, -0.15) is 0 Å². The van der Waals surface area contributed by atoms with Gasteiger partial charge < -0.3 is 14.5 Å². The SMILES string of the molecule is C=C(C1=CC(c2cccc(OC)c2)CN(C)C1)N(CC)CC. The van der Waals surface area contributed by atoms with Gasteiger partial charge in [0.15, 0.2) is 0 Å². The van der Waals surface area contributed by atoms with Crippen LogP contribution in [-0.2, 0) is 0 Å². The lowest BCUT2D eigenvalue weighted by Crippen LogP contribution is -2.34. The summed E-state index contributed by atoms with van der Waals surface area (Å²) in [5, 5.41) is 0. The van der Waals surface area contributed by atoms with Crippen LogP contribution < -0.4 is 4.74 Å². The normalized spacial score (nSPS) is 18.7. The molecule has 0 saturated carbocycles. The smallest absolute Gasteiger partial charge is 0.119 e. The van der Waals surface area contributed by atoms with E-state index in [1.54, 1.807) is 7.11 Å². The van der Waals surface area contributed by atoms with Gasteiger partial charge in [0.05, 0.1) is 7.11 Å². The van der Waals surface area contributed by atoms with Crippen LogP contribution in [0.5, 0.6) is 5.75 Å². The second kappa shape index (κ2) is 7.50. The van der Waals surface area contributed by atoms with Gasteiger partial charge in [-0.1, -0.05) is 24.8 Å². The van der Waals surface area contributed by atoms with Gasteiger partial charge in [-0.15, -0.1) is 0 Å². The Morgan fingerprint density at radius 3 is 2.73 bits per heavy atom. The summed E-state index contributed by atoms with van der Waals surface area (Å²) in [5.74, 6) is 1.31. The van der Waals surface area contributed by atoms with Crippen molar-refractivity contribution in [3.63, 3.8) is 0 Å². The third-order valence-corrected chi connectivity index (χ3v) is 4.39. The molecule has 1 atom stereocenters. The Hall–Kier alpha value is -1.74. The molecule has 0 bridgehead atoms. The van der Waals surface area contributed by atoms with Crippen LogP contribution >= 0.6 is 0 Å². The molecule has 0 fully saturated rings. The molecule has 0 aliphatic carbocycles. The summed E-state index contributed by atoms with van der Waals surface area (Å²) in [6, 6.07) is 8.38. The number of benzene rings is 1. The van der Waals surface area contributed by atoms with Gasteiger partial charge in [0, 0.05) is 37.8 Å². The summed E-state index contributed by atoms with van der Waals surface area (Å²) in [7, 11) is 3.89. The number of likely N-dealkylation sites (N-methyl/N-ethyl adjacent to an activating group) is 2. The van der Waals surface area contributed by atoms with Crippen LogP contribution in [0.4, 0.5) is 0 Å². The molecular weight excluding hydrogens is 272 g/mol. The quantitative estimate of drug-likeness (QED) is 0.799. The van der Waals surface area contributed by atoms with Crippen LogP contribution in [0.2, 0.25) is 0 Å². The second-order valence-corrected chi connectivity index (χ2v) is 5.89. The van der Waals surface area contributed by atoms with E-state index in [1.165, 1.54) is 11.1 Å². The average Bonchev–Trinajstić information content (AvgIpc) is 2.55. The molecule has 1 aromatic carbocycles. The number of rotatable bonds is 6. The first kappa shape index (κ1) is 16.6. The topological polar surface area (TPSA) is 15.7 Å². The van der Waals surface area contributed by atoms with Crippen molar-refractivity contribution in [1.29, 1.82) is 0 Å². The summed E-state index contributed by atoms with van der Waals surface area (Å²) in [5.41, 5.74) is 3.80. The summed E-state index contributed by atoms with van der Waals surface area (Å²) < 4.78 is 5.36. The molecule has 120 valence electrons. The molecule has 0 radical (unpaired) electrons. The van der Waals surface area contributed by atoms with Crippen molar-refractivity contribution in [2.45, 2.75) is 19.8 Å². The number of hydrogen-bond donors (Lipinski definition) is 0. The van der Waals surface area contributed by atoms with E-state index in [4.69, 9.17) is 4.74 Å². The number of nitrogens with zero attached hydrogens (tertiary/aromatic N) is 2. The zero-order valence-electron chi connectivity index (χ0n) is 14.3.